The first-order valence-electron chi connectivity index (χ1n) is 18.6. The lowest BCUT2D eigenvalue weighted by molar-refractivity contribution is -0.129. The zero-order valence-electron chi connectivity index (χ0n) is 32.1. The molecule has 0 aliphatic carbocycles. The summed E-state index contributed by atoms with van der Waals surface area (Å²) >= 11 is 0. The molecule has 2 aromatic heterocycles. The van der Waals surface area contributed by atoms with Crippen molar-refractivity contribution in [3.05, 3.63) is 132 Å². The molecule has 0 radical (unpaired) electrons. The molecule has 4 rings (SSSR count). The first-order valence-corrected chi connectivity index (χ1v) is 18.6. The first kappa shape index (κ1) is 42.9. The number of hydrogen-bond acceptors (Lipinski definition) is 10. The average molecular weight is 769 g/mol. The molecule has 0 aliphatic heterocycles. The Morgan fingerprint density at radius 2 is 0.893 bits per heavy atom. The van der Waals surface area contributed by atoms with Gasteiger partial charge >= 0.3 is 12.2 Å². The lowest BCUT2D eigenvalue weighted by Gasteiger charge is -2.35. The van der Waals surface area contributed by atoms with Gasteiger partial charge in [-0.1, -0.05) is 100 Å². The highest BCUT2D eigenvalue weighted by Gasteiger charge is 2.37. The van der Waals surface area contributed by atoms with Crippen LogP contribution in [0.2, 0.25) is 0 Å². The quantitative estimate of drug-likeness (QED) is 0.0814. The molecule has 2 heterocycles. The number of carbonyl (C=O) groups excluding carboxylic acids is 4. The molecule has 4 amide bonds. The molecular formula is C42H52N6O8. The van der Waals surface area contributed by atoms with E-state index in [2.05, 4.69) is 31.2 Å². The largest absolute Gasteiger partial charge is 0.445 e. The SMILES string of the molecule is CC(C)[C@H](NC(=O)OCc1cccnc1)C(=O)N[C@@H](Cc1ccccc1)[C@@H](O)[C@H](O)[C@H](Cc1ccccc1)NC(=O)[C@H](NC(=O)OCc1cccnc1)C(C)C. The Morgan fingerprint density at radius 1 is 0.536 bits per heavy atom. The molecule has 298 valence electrons. The summed E-state index contributed by atoms with van der Waals surface area (Å²) in [5.74, 6) is -1.99. The number of benzene rings is 2. The van der Waals surface area contributed by atoms with Crippen molar-refractivity contribution in [3.63, 3.8) is 0 Å². The van der Waals surface area contributed by atoms with E-state index in [9.17, 15) is 29.4 Å². The second-order valence-electron chi connectivity index (χ2n) is 14.2. The van der Waals surface area contributed by atoms with Crippen LogP contribution in [0, 0.1) is 11.8 Å². The maximum absolute atomic E-state index is 13.9. The van der Waals surface area contributed by atoms with Gasteiger partial charge in [0.15, 0.2) is 0 Å². The van der Waals surface area contributed by atoms with E-state index < -0.39 is 60.4 Å². The number of ether oxygens (including phenoxy) is 2. The van der Waals surface area contributed by atoms with Crippen LogP contribution in [0.3, 0.4) is 0 Å². The Morgan fingerprint density at radius 3 is 1.21 bits per heavy atom. The number of carbonyl (C=O) groups is 4. The summed E-state index contributed by atoms with van der Waals surface area (Å²) < 4.78 is 10.7. The summed E-state index contributed by atoms with van der Waals surface area (Å²) in [5.41, 5.74) is 2.85. The summed E-state index contributed by atoms with van der Waals surface area (Å²) in [5, 5.41) is 34.8. The van der Waals surface area contributed by atoms with E-state index in [0.717, 1.165) is 11.1 Å². The highest BCUT2D eigenvalue weighted by atomic mass is 16.6. The van der Waals surface area contributed by atoms with Gasteiger partial charge < -0.3 is 41.0 Å². The van der Waals surface area contributed by atoms with Crippen LogP contribution >= 0.6 is 0 Å². The van der Waals surface area contributed by atoms with Crippen molar-refractivity contribution in [2.24, 2.45) is 11.8 Å². The number of amides is 4. The van der Waals surface area contributed by atoms with Gasteiger partial charge in [-0.3, -0.25) is 19.6 Å². The minimum atomic E-state index is -1.62. The summed E-state index contributed by atoms with van der Waals surface area (Å²) in [6, 6.07) is 20.8. The second-order valence-corrected chi connectivity index (χ2v) is 14.2. The van der Waals surface area contributed by atoms with Crippen LogP contribution in [-0.4, -0.2) is 80.6 Å². The van der Waals surface area contributed by atoms with Gasteiger partial charge in [-0.05, 0) is 47.9 Å². The fourth-order valence-corrected chi connectivity index (χ4v) is 5.94. The number of nitrogens with one attached hydrogen (secondary N) is 4. The molecule has 56 heavy (non-hydrogen) atoms. The molecule has 14 heteroatoms. The Hall–Kier alpha value is -5.86. The van der Waals surface area contributed by atoms with Crippen molar-refractivity contribution in [1.29, 1.82) is 0 Å². The predicted molar refractivity (Wildman–Crippen MR) is 209 cm³/mol. The monoisotopic (exact) mass is 768 g/mol. The predicted octanol–water partition coefficient (Wildman–Crippen LogP) is 3.86. The zero-order chi connectivity index (χ0) is 40.5. The minimum absolute atomic E-state index is 0.0536. The number of aliphatic hydroxyl groups is 2. The standard InChI is InChI=1S/C42H52N6O8/c1-27(2)35(47-41(53)55-25-31-17-11-19-43-23-31)39(51)45-33(21-29-13-7-5-8-14-29)37(49)38(50)34(22-30-15-9-6-10-16-30)46-40(52)36(28(3)4)48-42(54)56-26-32-18-12-20-44-24-32/h5-20,23-24,27-28,33-38,49-50H,21-22,25-26H2,1-4H3,(H,45,51)(H,46,52)(H,47,53)(H,48,54)/t33-,34-,35-,36+,37+,38+/m0/s1. The summed E-state index contributed by atoms with van der Waals surface area (Å²) in [7, 11) is 0. The van der Waals surface area contributed by atoms with Crippen molar-refractivity contribution in [2.45, 2.75) is 90.1 Å². The van der Waals surface area contributed by atoms with E-state index in [0.29, 0.717) is 11.1 Å². The van der Waals surface area contributed by atoms with Crippen LogP contribution in [0.5, 0.6) is 0 Å². The number of nitrogens with zero attached hydrogens (tertiary/aromatic N) is 2. The third-order valence-electron chi connectivity index (χ3n) is 9.06. The van der Waals surface area contributed by atoms with E-state index in [1.165, 1.54) is 0 Å². The van der Waals surface area contributed by atoms with Gasteiger partial charge in [0.25, 0.3) is 0 Å². The molecule has 6 atom stereocenters. The van der Waals surface area contributed by atoms with Gasteiger partial charge in [0, 0.05) is 35.9 Å². The third-order valence-corrected chi connectivity index (χ3v) is 9.06. The van der Waals surface area contributed by atoms with Crippen molar-refractivity contribution < 1.29 is 38.9 Å². The minimum Gasteiger partial charge on any atom is -0.445 e. The Kier molecular flexibility index (Phi) is 16.8. The molecular weight excluding hydrogens is 716 g/mol. The molecule has 0 bridgehead atoms. The Balaban J connectivity index is 1.53. The maximum Gasteiger partial charge on any atom is 0.408 e. The average Bonchev–Trinajstić information content (AvgIpc) is 3.20. The molecule has 6 N–H and O–H groups in total. The highest BCUT2D eigenvalue weighted by molar-refractivity contribution is 5.87. The summed E-state index contributed by atoms with van der Waals surface area (Å²) in [6.45, 7) is 6.90. The number of pyridine rings is 2. The van der Waals surface area contributed by atoms with E-state index in [1.54, 1.807) is 76.7 Å². The van der Waals surface area contributed by atoms with Crippen LogP contribution in [0.4, 0.5) is 9.59 Å². The van der Waals surface area contributed by atoms with Gasteiger partial charge in [0.2, 0.25) is 11.8 Å². The van der Waals surface area contributed by atoms with Crippen LogP contribution in [0.15, 0.2) is 110 Å². The van der Waals surface area contributed by atoms with Gasteiger partial charge in [-0.15, -0.1) is 0 Å². The van der Waals surface area contributed by atoms with E-state index in [4.69, 9.17) is 9.47 Å². The van der Waals surface area contributed by atoms with E-state index in [-0.39, 0.29) is 37.9 Å². The van der Waals surface area contributed by atoms with Crippen molar-refractivity contribution >= 4 is 24.0 Å². The summed E-state index contributed by atoms with van der Waals surface area (Å²) in [4.78, 5) is 61.3. The summed E-state index contributed by atoms with van der Waals surface area (Å²) in [6.07, 6.45) is 1.66. The van der Waals surface area contributed by atoms with Gasteiger partial charge in [0.05, 0.1) is 12.1 Å². The zero-order valence-corrected chi connectivity index (χ0v) is 32.1. The fourth-order valence-electron chi connectivity index (χ4n) is 5.94. The van der Waals surface area contributed by atoms with Crippen LogP contribution in [0.1, 0.15) is 49.9 Å². The van der Waals surface area contributed by atoms with E-state index in [1.807, 2.05) is 60.7 Å². The van der Waals surface area contributed by atoms with E-state index >= 15 is 0 Å². The van der Waals surface area contributed by atoms with Crippen molar-refractivity contribution in [1.82, 2.24) is 31.2 Å². The third kappa shape index (κ3) is 13.8. The number of aliphatic hydroxyl groups excluding tert-OH is 2. The lowest BCUT2D eigenvalue weighted by Crippen LogP contribution is -2.61. The molecule has 4 aromatic rings. The molecule has 2 aromatic carbocycles. The number of rotatable bonds is 19. The number of aromatic nitrogens is 2. The lowest BCUT2D eigenvalue weighted by atomic mass is 9.90. The molecule has 14 nitrogen and oxygen atoms in total. The first-order chi connectivity index (χ1) is 26.9. The molecule has 0 saturated carbocycles. The highest BCUT2D eigenvalue weighted by Crippen LogP contribution is 2.17. The number of hydrogen-bond donors (Lipinski definition) is 6. The van der Waals surface area contributed by atoms with Gasteiger partial charge in [-0.2, -0.15) is 0 Å². The Labute approximate surface area is 327 Å². The topological polar surface area (TPSA) is 201 Å². The van der Waals surface area contributed by atoms with Crippen molar-refractivity contribution in [3.8, 4) is 0 Å². The van der Waals surface area contributed by atoms with Crippen LogP contribution < -0.4 is 21.3 Å². The molecule has 0 unspecified atom stereocenters. The Bertz CT molecular complexity index is 1670. The smallest absolute Gasteiger partial charge is 0.408 e. The maximum atomic E-state index is 13.9. The molecule has 0 fully saturated rings. The van der Waals surface area contributed by atoms with Crippen LogP contribution in [0.25, 0.3) is 0 Å². The van der Waals surface area contributed by atoms with Gasteiger partial charge in [-0.25, -0.2) is 9.59 Å². The fraction of sp³-hybridized carbons (Fsp3) is 0.381. The molecule has 0 spiro atoms. The molecule has 0 saturated heterocycles. The van der Waals surface area contributed by atoms with Gasteiger partial charge in [0.1, 0.15) is 37.5 Å². The second kappa shape index (κ2) is 21.9. The van der Waals surface area contributed by atoms with Crippen molar-refractivity contribution in [2.75, 3.05) is 0 Å². The van der Waals surface area contributed by atoms with Crippen LogP contribution in [-0.2, 0) is 45.1 Å². The molecule has 0 aliphatic rings. The normalized spacial score (nSPS) is 14.4. The number of alkyl carbamates (subject to hydrolysis) is 2.